The van der Waals surface area contributed by atoms with Gasteiger partial charge in [-0.25, -0.2) is 13.4 Å². The first-order valence-corrected chi connectivity index (χ1v) is 9.07. The van der Waals surface area contributed by atoms with Gasteiger partial charge in [-0.1, -0.05) is 19.0 Å². The number of aromatic nitrogens is 4. The van der Waals surface area contributed by atoms with Crippen LogP contribution in [0.25, 0.3) is 0 Å². The predicted octanol–water partition coefficient (Wildman–Crippen LogP) is 2.15. The molecule has 116 valence electrons. The Kier molecular flexibility index (Phi) is 5.00. The molecule has 0 bridgehead atoms. The molecule has 0 spiro atoms. The summed E-state index contributed by atoms with van der Waals surface area (Å²) in [7, 11) is 1.50. The molecule has 0 saturated carbocycles. The summed E-state index contributed by atoms with van der Waals surface area (Å²) in [4.78, 5) is 8.33. The van der Waals surface area contributed by atoms with Crippen LogP contribution < -0.4 is 0 Å². The minimum absolute atomic E-state index is 0.148. The summed E-state index contributed by atoms with van der Waals surface area (Å²) < 4.78 is 29.6. The first-order chi connectivity index (χ1) is 9.94. The van der Waals surface area contributed by atoms with Gasteiger partial charge in [-0.2, -0.15) is 4.98 Å². The molecule has 2 rings (SSSR count). The highest BCUT2D eigenvalue weighted by atomic mass is 35.7. The van der Waals surface area contributed by atoms with Crippen molar-refractivity contribution < 1.29 is 12.9 Å². The van der Waals surface area contributed by atoms with Crippen LogP contribution in [0.5, 0.6) is 0 Å². The van der Waals surface area contributed by atoms with Gasteiger partial charge in [-0.3, -0.25) is 0 Å². The minimum Gasteiger partial charge on any atom is -0.339 e. The van der Waals surface area contributed by atoms with Crippen LogP contribution in [0.4, 0.5) is 0 Å². The van der Waals surface area contributed by atoms with Gasteiger partial charge in [0.15, 0.2) is 10.9 Å². The van der Waals surface area contributed by atoms with Gasteiger partial charge >= 0.3 is 0 Å². The number of imidazole rings is 1. The molecule has 0 N–H and O–H groups in total. The maximum Gasteiger partial charge on any atom is 0.280 e. The van der Waals surface area contributed by atoms with Crippen molar-refractivity contribution in [1.82, 2.24) is 19.7 Å². The van der Waals surface area contributed by atoms with Crippen molar-refractivity contribution in [2.75, 3.05) is 0 Å². The molecule has 7 nitrogen and oxygen atoms in total. The van der Waals surface area contributed by atoms with Gasteiger partial charge < -0.3 is 9.09 Å². The van der Waals surface area contributed by atoms with E-state index >= 15 is 0 Å². The number of hydrogen-bond donors (Lipinski definition) is 0. The maximum absolute atomic E-state index is 11.4. The number of aryl methyl sites for hydroxylation is 2. The van der Waals surface area contributed by atoms with Crippen molar-refractivity contribution in [3.63, 3.8) is 0 Å². The van der Waals surface area contributed by atoms with Crippen LogP contribution in [0.3, 0.4) is 0 Å². The lowest BCUT2D eigenvalue weighted by atomic mass is 10.3. The van der Waals surface area contributed by atoms with Crippen LogP contribution in [-0.4, -0.2) is 28.1 Å². The van der Waals surface area contributed by atoms with E-state index in [2.05, 4.69) is 15.1 Å². The van der Waals surface area contributed by atoms with E-state index in [1.165, 1.54) is 6.20 Å². The third-order valence-corrected chi connectivity index (χ3v) is 4.02. The Hall–Kier alpha value is -1.41. The molecule has 0 atom stereocenters. The highest BCUT2D eigenvalue weighted by molar-refractivity contribution is 8.13. The highest BCUT2D eigenvalue weighted by Gasteiger charge is 2.18. The standard InChI is InChI=1S/C12H17ClN4O3S/c1-3-5-10-15-12(21(13,18)19)8-17(10)7-9-14-11(6-4-2)20-16-9/h8H,3-7H2,1-2H3. The van der Waals surface area contributed by atoms with E-state index in [-0.39, 0.29) is 5.03 Å². The smallest absolute Gasteiger partial charge is 0.280 e. The SMILES string of the molecule is CCCc1nc(Cn2cc(S(=O)(=O)Cl)nc2CCC)no1. The summed E-state index contributed by atoms with van der Waals surface area (Å²) in [6.45, 7) is 4.32. The van der Waals surface area contributed by atoms with Crippen molar-refractivity contribution >= 4 is 19.7 Å². The van der Waals surface area contributed by atoms with Gasteiger partial charge in [0.05, 0.1) is 6.54 Å². The van der Waals surface area contributed by atoms with Crippen LogP contribution in [-0.2, 0) is 28.4 Å². The summed E-state index contributed by atoms with van der Waals surface area (Å²) in [5, 5.41) is 3.74. The zero-order valence-electron chi connectivity index (χ0n) is 11.9. The van der Waals surface area contributed by atoms with Crippen molar-refractivity contribution in [1.29, 1.82) is 0 Å². The molecule has 21 heavy (non-hydrogen) atoms. The third-order valence-electron chi connectivity index (χ3n) is 2.85. The fourth-order valence-electron chi connectivity index (χ4n) is 1.93. The molecule has 0 saturated heterocycles. The largest absolute Gasteiger partial charge is 0.339 e. The van der Waals surface area contributed by atoms with Crippen molar-refractivity contribution in [3.05, 3.63) is 23.7 Å². The summed E-state index contributed by atoms with van der Waals surface area (Å²) >= 11 is 0. The second kappa shape index (κ2) is 6.57. The molecule has 9 heteroatoms. The summed E-state index contributed by atoms with van der Waals surface area (Å²) in [6.07, 6.45) is 4.53. The van der Waals surface area contributed by atoms with E-state index in [0.717, 1.165) is 19.3 Å². The Morgan fingerprint density at radius 1 is 1.24 bits per heavy atom. The second-order valence-electron chi connectivity index (χ2n) is 4.67. The van der Waals surface area contributed by atoms with Crippen LogP contribution in [0, 0.1) is 0 Å². The highest BCUT2D eigenvalue weighted by Crippen LogP contribution is 2.16. The fourth-order valence-corrected chi connectivity index (χ4v) is 2.62. The van der Waals surface area contributed by atoms with E-state index in [0.29, 0.717) is 30.5 Å². The molecule has 0 aliphatic carbocycles. The van der Waals surface area contributed by atoms with E-state index < -0.39 is 9.05 Å². The van der Waals surface area contributed by atoms with Crippen LogP contribution in [0.15, 0.2) is 15.7 Å². The lowest BCUT2D eigenvalue weighted by molar-refractivity contribution is 0.371. The minimum atomic E-state index is -3.84. The molecule has 2 aromatic rings. The first kappa shape index (κ1) is 16.0. The molecule has 2 aromatic heterocycles. The van der Waals surface area contributed by atoms with E-state index in [9.17, 15) is 8.42 Å². The summed E-state index contributed by atoms with van der Waals surface area (Å²) in [5.74, 6) is 1.71. The molecule has 0 aliphatic rings. The summed E-state index contributed by atoms with van der Waals surface area (Å²) in [6, 6.07) is 0. The maximum atomic E-state index is 11.4. The van der Waals surface area contributed by atoms with Crippen molar-refractivity contribution in [3.8, 4) is 0 Å². The Morgan fingerprint density at radius 3 is 2.57 bits per heavy atom. The average Bonchev–Trinajstić information content (AvgIpc) is 2.98. The number of rotatable bonds is 7. The first-order valence-electron chi connectivity index (χ1n) is 6.76. The topological polar surface area (TPSA) is 90.9 Å². The third kappa shape index (κ3) is 4.04. The molecule has 2 heterocycles. The lowest BCUT2D eigenvalue weighted by Gasteiger charge is -2.02. The van der Waals surface area contributed by atoms with Gasteiger partial charge in [-0.15, -0.1) is 0 Å². The molecule has 0 aliphatic heterocycles. The van der Waals surface area contributed by atoms with E-state index in [1.807, 2.05) is 13.8 Å². The van der Waals surface area contributed by atoms with Gasteiger partial charge in [-0.05, 0) is 12.8 Å². The summed E-state index contributed by atoms with van der Waals surface area (Å²) in [5.41, 5.74) is 0. The monoisotopic (exact) mass is 332 g/mol. The van der Waals surface area contributed by atoms with E-state index in [1.54, 1.807) is 4.57 Å². The Balaban J connectivity index is 2.26. The normalized spacial score (nSPS) is 12.0. The van der Waals surface area contributed by atoms with Gasteiger partial charge in [0.1, 0.15) is 5.82 Å². The van der Waals surface area contributed by atoms with Crippen LogP contribution in [0.1, 0.15) is 44.2 Å². The number of halogens is 1. The van der Waals surface area contributed by atoms with Crippen molar-refractivity contribution in [2.45, 2.75) is 51.1 Å². The predicted molar refractivity (Wildman–Crippen MR) is 76.7 cm³/mol. The molecule has 0 fully saturated rings. The Morgan fingerprint density at radius 2 is 1.95 bits per heavy atom. The van der Waals surface area contributed by atoms with Crippen LogP contribution >= 0.6 is 10.7 Å². The molecule has 0 aromatic carbocycles. The quantitative estimate of drug-likeness (QED) is 0.721. The average molecular weight is 333 g/mol. The Bertz CT molecular complexity index is 708. The van der Waals surface area contributed by atoms with Crippen LogP contribution in [0.2, 0.25) is 0 Å². The zero-order chi connectivity index (χ0) is 15.5. The van der Waals surface area contributed by atoms with Gasteiger partial charge in [0.2, 0.25) is 5.89 Å². The molecule has 0 unspecified atom stereocenters. The van der Waals surface area contributed by atoms with Gasteiger partial charge in [0.25, 0.3) is 9.05 Å². The molecular formula is C12H17ClN4O3S. The van der Waals surface area contributed by atoms with E-state index in [4.69, 9.17) is 15.2 Å². The molecular weight excluding hydrogens is 316 g/mol. The number of hydrogen-bond acceptors (Lipinski definition) is 6. The Labute approximate surface area is 127 Å². The van der Waals surface area contributed by atoms with Gasteiger partial charge in [0, 0.05) is 29.7 Å². The second-order valence-corrected chi connectivity index (χ2v) is 7.18. The zero-order valence-corrected chi connectivity index (χ0v) is 13.5. The molecule has 0 radical (unpaired) electrons. The van der Waals surface area contributed by atoms with Crippen molar-refractivity contribution in [2.24, 2.45) is 0 Å². The lowest BCUT2D eigenvalue weighted by Crippen LogP contribution is -2.05. The number of nitrogens with zero attached hydrogens (tertiary/aromatic N) is 4. The fraction of sp³-hybridized carbons (Fsp3) is 0.583. The molecule has 0 amide bonds.